The van der Waals surface area contributed by atoms with Crippen molar-refractivity contribution >= 4 is 12.3 Å². The Morgan fingerprint density at radius 2 is 0.900 bits per heavy atom. The molecular formula is C3H9NO6. The SMILES string of the molecule is CN.O=C(O)O.O=C(O)O. The molecule has 0 heterocycles. The van der Waals surface area contributed by atoms with Crippen LogP contribution in [0.25, 0.3) is 0 Å². The van der Waals surface area contributed by atoms with Gasteiger partial charge in [-0.15, -0.1) is 0 Å². The smallest absolute Gasteiger partial charge is 0.450 e. The first kappa shape index (κ1) is 15.8. The summed E-state index contributed by atoms with van der Waals surface area (Å²) in [6.45, 7) is 0. The summed E-state index contributed by atoms with van der Waals surface area (Å²) in [5.41, 5.74) is 4.50. The van der Waals surface area contributed by atoms with E-state index in [0.29, 0.717) is 0 Å². The zero-order chi connectivity index (χ0) is 9.15. The molecular weight excluding hydrogens is 146 g/mol. The Morgan fingerprint density at radius 3 is 0.900 bits per heavy atom. The van der Waals surface area contributed by atoms with E-state index < -0.39 is 12.3 Å². The third-order valence-electron chi connectivity index (χ3n) is 0. The Labute approximate surface area is 56.3 Å². The molecule has 7 nitrogen and oxygen atoms in total. The van der Waals surface area contributed by atoms with Crippen molar-refractivity contribution < 1.29 is 30.0 Å². The van der Waals surface area contributed by atoms with E-state index in [1.165, 1.54) is 7.05 Å². The van der Waals surface area contributed by atoms with Gasteiger partial charge in [-0.3, -0.25) is 0 Å². The van der Waals surface area contributed by atoms with Crippen LogP contribution in [0.5, 0.6) is 0 Å². The molecule has 62 valence electrons. The molecule has 0 rings (SSSR count). The fourth-order valence-electron chi connectivity index (χ4n) is 0. The highest BCUT2D eigenvalue weighted by atomic mass is 16.6. The molecule has 0 aromatic carbocycles. The van der Waals surface area contributed by atoms with Crippen molar-refractivity contribution in [2.45, 2.75) is 0 Å². The predicted molar refractivity (Wildman–Crippen MR) is 31.4 cm³/mol. The van der Waals surface area contributed by atoms with Crippen LogP contribution in [-0.2, 0) is 0 Å². The predicted octanol–water partition coefficient (Wildman–Crippen LogP) is 0.0197. The maximum absolute atomic E-state index is 8.56. The lowest BCUT2D eigenvalue weighted by Crippen LogP contribution is -1.81. The maximum Gasteiger partial charge on any atom is 0.503 e. The summed E-state index contributed by atoms with van der Waals surface area (Å²) in [6, 6.07) is 0. The summed E-state index contributed by atoms with van der Waals surface area (Å²) >= 11 is 0. The van der Waals surface area contributed by atoms with Crippen LogP contribution in [0, 0.1) is 0 Å². The van der Waals surface area contributed by atoms with Crippen LogP contribution in [-0.4, -0.2) is 39.8 Å². The van der Waals surface area contributed by atoms with E-state index in [2.05, 4.69) is 5.73 Å². The van der Waals surface area contributed by atoms with Crippen molar-refractivity contribution in [3.63, 3.8) is 0 Å². The van der Waals surface area contributed by atoms with Crippen molar-refractivity contribution in [1.82, 2.24) is 0 Å². The molecule has 0 aliphatic heterocycles. The number of nitrogens with two attached hydrogens (primary N) is 1. The van der Waals surface area contributed by atoms with Crippen molar-refractivity contribution in [2.75, 3.05) is 7.05 Å². The van der Waals surface area contributed by atoms with Crippen LogP contribution in [0.4, 0.5) is 9.59 Å². The Hall–Kier alpha value is -1.50. The number of hydrogen-bond acceptors (Lipinski definition) is 3. The largest absolute Gasteiger partial charge is 0.503 e. The second-order valence-electron chi connectivity index (χ2n) is 0.565. The summed E-state index contributed by atoms with van der Waals surface area (Å²) in [4.78, 5) is 17.1. The average molecular weight is 155 g/mol. The quantitative estimate of drug-likeness (QED) is 0.332. The highest BCUT2D eigenvalue weighted by molar-refractivity contribution is 5.53. The number of carbonyl (C=O) groups is 2. The molecule has 6 N–H and O–H groups in total. The minimum Gasteiger partial charge on any atom is -0.450 e. The first-order chi connectivity index (χ1) is 4.46. The highest BCUT2D eigenvalue weighted by Crippen LogP contribution is 1.43. The molecule has 7 heteroatoms. The van der Waals surface area contributed by atoms with Crippen molar-refractivity contribution in [1.29, 1.82) is 0 Å². The topological polar surface area (TPSA) is 141 Å². The van der Waals surface area contributed by atoms with Crippen molar-refractivity contribution in [3.8, 4) is 0 Å². The lowest BCUT2D eigenvalue weighted by atomic mass is 11.5. The Morgan fingerprint density at radius 1 is 0.900 bits per heavy atom. The second kappa shape index (κ2) is 15.6. The van der Waals surface area contributed by atoms with Gasteiger partial charge in [0.15, 0.2) is 0 Å². The van der Waals surface area contributed by atoms with Crippen molar-refractivity contribution in [2.24, 2.45) is 5.73 Å². The van der Waals surface area contributed by atoms with Gasteiger partial charge in [0.05, 0.1) is 0 Å². The molecule has 0 amide bonds. The van der Waals surface area contributed by atoms with Gasteiger partial charge in [-0.2, -0.15) is 0 Å². The summed E-state index contributed by atoms with van der Waals surface area (Å²) in [6.07, 6.45) is -3.67. The molecule has 10 heavy (non-hydrogen) atoms. The Kier molecular flexibility index (Phi) is 24.7. The zero-order valence-corrected chi connectivity index (χ0v) is 5.18. The summed E-state index contributed by atoms with van der Waals surface area (Å²) < 4.78 is 0. The normalized spacial score (nSPS) is 5.40. The Bertz CT molecular complexity index is 71.0. The zero-order valence-electron chi connectivity index (χ0n) is 5.18. The van der Waals surface area contributed by atoms with Crippen LogP contribution >= 0.6 is 0 Å². The van der Waals surface area contributed by atoms with Gasteiger partial charge >= 0.3 is 12.3 Å². The van der Waals surface area contributed by atoms with E-state index in [0.717, 1.165) is 0 Å². The highest BCUT2D eigenvalue weighted by Gasteiger charge is 1.70. The summed E-state index contributed by atoms with van der Waals surface area (Å²) in [7, 11) is 1.50. The van der Waals surface area contributed by atoms with Gasteiger partial charge in [0, 0.05) is 0 Å². The summed E-state index contributed by atoms with van der Waals surface area (Å²) in [5.74, 6) is 0. The molecule has 0 saturated heterocycles. The molecule has 0 atom stereocenters. The van der Waals surface area contributed by atoms with Crippen LogP contribution < -0.4 is 5.73 Å². The minimum atomic E-state index is -1.83. The number of rotatable bonds is 0. The van der Waals surface area contributed by atoms with Crippen molar-refractivity contribution in [3.05, 3.63) is 0 Å². The molecule has 0 spiro atoms. The molecule has 0 bridgehead atoms. The fraction of sp³-hybridized carbons (Fsp3) is 0.333. The first-order valence-electron chi connectivity index (χ1n) is 1.88. The van der Waals surface area contributed by atoms with E-state index in [4.69, 9.17) is 30.0 Å². The minimum absolute atomic E-state index is 1.50. The lowest BCUT2D eigenvalue weighted by molar-refractivity contribution is 0.135. The van der Waals surface area contributed by atoms with Crippen LogP contribution in [0.3, 0.4) is 0 Å². The fourth-order valence-corrected chi connectivity index (χ4v) is 0. The van der Waals surface area contributed by atoms with Crippen LogP contribution in [0.15, 0.2) is 0 Å². The lowest BCUT2D eigenvalue weighted by Gasteiger charge is -1.60. The van der Waals surface area contributed by atoms with Gasteiger partial charge in [0.1, 0.15) is 0 Å². The molecule has 0 saturated carbocycles. The monoisotopic (exact) mass is 155 g/mol. The number of hydrogen-bond donors (Lipinski definition) is 5. The molecule has 0 aliphatic rings. The van der Waals surface area contributed by atoms with Crippen LogP contribution in [0.2, 0.25) is 0 Å². The molecule has 0 fully saturated rings. The van der Waals surface area contributed by atoms with Gasteiger partial charge in [-0.25, -0.2) is 9.59 Å². The van der Waals surface area contributed by atoms with Gasteiger partial charge in [-0.05, 0) is 7.05 Å². The van der Waals surface area contributed by atoms with Crippen LogP contribution in [0.1, 0.15) is 0 Å². The molecule has 0 aliphatic carbocycles. The Balaban J connectivity index is -0.0000000787. The van der Waals surface area contributed by atoms with E-state index in [9.17, 15) is 0 Å². The standard InChI is InChI=1S/CH5N.2CH2O3/c1-2;2*2-1(3)4/h2H2,1H3;2*(H2,2,3,4). The van der Waals surface area contributed by atoms with E-state index in [1.807, 2.05) is 0 Å². The maximum atomic E-state index is 8.56. The van der Waals surface area contributed by atoms with E-state index in [1.54, 1.807) is 0 Å². The third-order valence-corrected chi connectivity index (χ3v) is 0. The van der Waals surface area contributed by atoms with Gasteiger partial charge in [0.2, 0.25) is 0 Å². The molecule has 0 radical (unpaired) electrons. The molecule has 0 aromatic heterocycles. The first-order valence-corrected chi connectivity index (χ1v) is 1.88. The molecule has 0 aromatic rings. The summed E-state index contributed by atoms with van der Waals surface area (Å²) in [5, 5.41) is 27.9. The van der Waals surface area contributed by atoms with Gasteiger partial charge in [-0.1, -0.05) is 0 Å². The average Bonchev–Trinajstić information content (AvgIpc) is 1.66. The molecule has 0 unspecified atom stereocenters. The van der Waals surface area contributed by atoms with Gasteiger partial charge < -0.3 is 26.2 Å². The second-order valence-corrected chi connectivity index (χ2v) is 0.565. The van der Waals surface area contributed by atoms with Gasteiger partial charge in [0.25, 0.3) is 0 Å². The van der Waals surface area contributed by atoms with E-state index >= 15 is 0 Å². The third kappa shape index (κ3) is 87.4. The van der Waals surface area contributed by atoms with E-state index in [-0.39, 0.29) is 0 Å². The number of carboxylic acid groups (broad SMARTS) is 4.